The first-order chi connectivity index (χ1) is 32.7. The van der Waals surface area contributed by atoms with Gasteiger partial charge in [-0.05, 0) is 53.1 Å². The average Bonchev–Trinajstić information content (AvgIpc) is 3.42. The van der Waals surface area contributed by atoms with Gasteiger partial charge in [0.25, 0.3) is 0 Å². The molecule has 0 fully saturated rings. The van der Waals surface area contributed by atoms with Crippen LogP contribution < -0.4 is 0 Å². The van der Waals surface area contributed by atoms with Crippen LogP contribution >= 0.6 is 0 Å². The van der Waals surface area contributed by atoms with E-state index in [9.17, 15) is 0 Å². The van der Waals surface area contributed by atoms with Crippen molar-refractivity contribution in [3.63, 3.8) is 0 Å². The topological polar surface area (TPSA) is 103 Å². The fourth-order valence-electron chi connectivity index (χ4n) is 7.84. The summed E-state index contributed by atoms with van der Waals surface area (Å²) in [7, 11) is 0. The molecule has 0 N–H and O–H groups in total. The van der Waals surface area contributed by atoms with Crippen molar-refractivity contribution >= 4 is 0 Å². The Labute approximate surface area is 382 Å². The van der Waals surface area contributed by atoms with E-state index in [2.05, 4.69) is 89.9 Å². The average molecular weight is 847 g/mol. The first kappa shape index (κ1) is 39.7. The first-order valence-electron chi connectivity index (χ1n) is 21.7. The van der Waals surface area contributed by atoms with Gasteiger partial charge in [0.1, 0.15) is 0 Å². The largest absolute Gasteiger partial charge is 0.255 e. The van der Waals surface area contributed by atoms with Gasteiger partial charge in [0.2, 0.25) is 0 Å². The highest BCUT2D eigenvalue weighted by molar-refractivity contribution is 5.78. The second-order valence-electron chi connectivity index (χ2n) is 15.7. The van der Waals surface area contributed by atoms with Gasteiger partial charge in [-0.1, -0.05) is 182 Å². The number of rotatable bonds is 10. The van der Waals surface area contributed by atoms with Crippen molar-refractivity contribution in [1.29, 1.82) is 0 Å². The Morgan fingerprint density at radius 2 is 0.576 bits per heavy atom. The molecule has 0 amide bonds. The Hall–Kier alpha value is -9.14. The van der Waals surface area contributed by atoms with E-state index >= 15 is 0 Å². The van der Waals surface area contributed by atoms with E-state index < -0.39 is 0 Å². The fourth-order valence-corrected chi connectivity index (χ4v) is 7.84. The number of hydrogen-bond acceptors (Lipinski definition) is 8. The van der Waals surface area contributed by atoms with Crippen LogP contribution in [0.4, 0.5) is 0 Å². The van der Waals surface area contributed by atoms with E-state index in [0.29, 0.717) is 23.3 Å². The van der Waals surface area contributed by atoms with Gasteiger partial charge in [-0.25, -0.2) is 29.9 Å². The lowest BCUT2D eigenvalue weighted by atomic mass is 10.0. The van der Waals surface area contributed by atoms with Crippen molar-refractivity contribution in [2.75, 3.05) is 0 Å². The number of nitrogens with zero attached hydrogens (tertiary/aromatic N) is 8. The molecule has 0 aliphatic heterocycles. The molecule has 5 aromatic heterocycles. The van der Waals surface area contributed by atoms with Gasteiger partial charge < -0.3 is 0 Å². The van der Waals surface area contributed by atoms with Crippen LogP contribution in [0.1, 0.15) is 0 Å². The third kappa shape index (κ3) is 8.50. The van der Waals surface area contributed by atoms with Crippen molar-refractivity contribution < 1.29 is 0 Å². The van der Waals surface area contributed by atoms with Gasteiger partial charge in [0, 0.05) is 51.3 Å². The van der Waals surface area contributed by atoms with Crippen LogP contribution in [0.2, 0.25) is 0 Å². The zero-order valence-electron chi connectivity index (χ0n) is 35.5. The molecule has 8 heteroatoms. The summed E-state index contributed by atoms with van der Waals surface area (Å²) in [4.78, 5) is 39.4. The SMILES string of the molecule is c1ccc(-c2cc(-c3ccccc3)nc(-c3ccc(-c4cc(-c5ccccn5)nc(-c5ccc(-c6ccc(-c7nc(-c8ccccc8)nc(-c8ccccc8)n7)cc6)cn5)c4)cc3)n2)cc1. The van der Waals surface area contributed by atoms with Gasteiger partial charge in [0.05, 0.1) is 34.2 Å². The van der Waals surface area contributed by atoms with Crippen molar-refractivity contribution in [3.8, 4) is 113 Å². The predicted octanol–water partition coefficient (Wildman–Crippen LogP) is 13.5. The van der Waals surface area contributed by atoms with Crippen molar-refractivity contribution in [1.82, 2.24) is 39.9 Å². The molecule has 0 radical (unpaired) electrons. The zero-order valence-corrected chi connectivity index (χ0v) is 35.5. The summed E-state index contributed by atoms with van der Waals surface area (Å²) < 4.78 is 0. The molecule has 310 valence electrons. The van der Waals surface area contributed by atoms with Crippen LogP contribution in [0.3, 0.4) is 0 Å². The van der Waals surface area contributed by atoms with Crippen molar-refractivity contribution in [2.45, 2.75) is 0 Å². The first-order valence-corrected chi connectivity index (χ1v) is 21.7. The van der Waals surface area contributed by atoms with E-state index in [1.165, 1.54) is 0 Å². The summed E-state index contributed by atoms with van der Waals surface area (Å²) >= 11 is 0. The minimum atomic E-state index is 0.606. The zero-order chi connectivity index (χ0) is 44.1. The maximum absolute atomic E-state index is 5.08. The van der Waals surface area contributed by atoms with Crippen LogP contribution in [-0.4, -0.2) is 39.9 Å². The lowest BCUT2D eigenvalue weighted by Crippen LogP contribution is -2.00. The van der Waals surface area contributed by atoms with Gasteiger partial charge in [0.15, 0.2) is 23.3 Å². The molecule has 0 saturated heterocycles. The van der Waals surface area contributed by atoms with Crippen LogP contribution in [0.5, 0.6) is 0 Å². The van der Waals surface area contributed by atoms with Crippen LogP contribution in [0.15, 0.2) is 231 Å². The third-order valence-corrected chi connectivity index (χ3v) is 11.3. The molecular weight excluding hydrogens is 809 g/mol. The van der Waals surface area contributed by atoms with E-state index in [0.717, 1.165) is 89.8 Å². The highest BCUT2D eigenvalue weighted by Crippen LogP contribution is 2.33. The van der Waals surface area contributed by atoms with Crippen molar-refractivity contribution in [3.05, 3.63) is 231 Å². The highest BCUT2D eigenvalue weighted by Gasteiger charge is 2.16. The monoisotopic (exact) mass is 846 g/mol. The van der Waals surface area contributed by atoms with E-state index in [-0.39, 0.29) is 0 Å². The van der Waals surface area contributed by atoms with Crippen LogP contribution in [0, 0.1) is 0 Å². The number of hydrogen-bond donors (Lipinski definition) is 0. The van der Waals surface area contributed by atoms with Gasteiger partial charge in [-0.15, -0.1) is 0 Å². The van der Waals surface area contributed by atoms with Gasteiger partial charge >= 0.3 is 0 Å². The molecule has 66 heavy (non-hydrogen) atoms. The van der Waals surface area contributed by atoms with Crippen molar-refractivity contribution in [2.24, 2.45) is 0 Å². The Morgan fingerprint density at radius 1 is 0.197 bits per heavy atom. The Kier molecular flexibility index (Phi) is 10.8. The molecule has 11 rings (SSSR count). The minimum Gasteiger partial charge on any atom is -0.255 e. The maximum Gasteiger partial charge on any atom is 0.164 e. The second kappa shape index (κ2) is 17.9. The van der Waals surface area contributed by atoms with Crippen LogP contribution in [-0.2, 0) is 0 Å². The molecule has 0 aliphatic carbocycles. The molecule has 11 aromatic rings. The lowest BCUT2D eigenvalue weighted by molar-refractivity contribution is 1.07. The Bertz CT molecular complexity index is 3290. The number of benzene rings is 6. The fraction of sp³-hybridized carbons (Fsp3) is 0. The van der Waals surface area contributed by atoms with Gasteiger partial charge in [-0.2, -0.15) is 0 Å². The molecule has 0 unspecified atom stereocenters. The molecule has 6 aromatic carbocycles. The summed E-state index contributed by atoms with van der Waals surface area (Å²) in [5, 5.41) is 0. The highest BCUT2D eigenvalue weighted by atomic mass is 15.0. The predicted molar refractivity (Wildman–Crippen MR) is 263 cm³/mol. The summed E-state index contributed by atoms with van der Waals surface area (Å²) in [6.07, 6.45) is 3.68. The molecule has 5 heterocycles. The van der Waals surface area contributed by atoms with E-state index in [1.807, 2.05) is 140 Å². The standard InChI is InChI=1S/C58H38N8/c1-5-15-41(16-6-1)51-37-52(42-17-7-2-8-18-42)63-55(62-51)45-30-26-40(27-31-45)48-35-53(49-23-13-14-34-59-49)61-54(36-48)50-33-32-47(38-60-50)39-24-28-46(29-25-39)58-65-56(43-19-9-3-10-20-43)64-57(66-58)44-21-11-4-12-22-44/h1-38H. The van der Waals surface area contributed by atoms with Gasteiger partial charge in [-0.3, -0.25) is 9.97 Å². The molecule has 0 atom stereocenters. The Morgan fingerprint density at radius 3 is 1.02 bits per heavy atom. The Balaban J connectivity index is 0.899. The molecule has 8 nitrogen and oxygen atoms in total. The van der Waals surface area contributed by atoms with E-state index in [1.54, 1.807) is 6.20 Å². The third-order valence-electron chi connectivity index (χ3n) is 11.3. The second-order valence-corrected chi connectivity index (χ2v) is 15.7. The summed E-state index contributed by atoms with van der Waals surface area (Å²) in [5.74, 6) is 2.52. The molecule has 0 spiro atoms. The summed E-state index contributed by atoms with van der Waals surface area (Å²) in [5.41, 5.74) is 14.5. The maximum atomic E-state index is 5.08. The van der Waals surface area contributed by atoms with E-state index in [4.69, 9.17) is 34.9 Å². The molecule has 0 saturated carbocycles. The summed E-state index contributed by atoms with van der Waals surface area (Å²) in [6.45, 7) is 0. The quantitative estimate of drug-likeness (QED) is 0.134. The number of aromatic nitrogens is 8. The lowest BCUT2D eigenvalue weighted by Gasteiger charge is -2.12. The number of pyridine rings is 3. The van der Waals surface area contributed by atoms with Crippen LogP contribution in [0.25, 0.3) is 113 Å². The smallest absolute Gasteiger partial charge is 0.164 e. The minimum absolute atomic E-state index is 0.606. The molecule has 0 aliphatic rings. The summed E-state index contributed by atoms with van der Waals surface area (Å²) in [6, 6.07) is 73.3. The molecular formula is C58H38N8. The molecule has 0 bridgehead atoms. The normalized spacial score (nSPS) is 11.0.